The van der Waals surface area contributed by atoms with Gasteiger partial charge >= 0.3 is 0 Å². The van der Waals surface area contributed by atoms with Crippen molar-refractivity contribution in [2.45, 2.75) is 11.1 Å². The second-order valence-corrected chi connectivity index (χ2v) is 7.08. The second-order valence-electron chi connectivity index (χ2n) is 3.86. The molecule has 0 spiro atoms. The minimum Gasteiger partial charge on any atom is -0.375 e. The lowest BCUT2D eigenvalue weighted by atomic mass is 10.4. The van der Waals surface area contributed by atoms with Crippen molar-refractivity contribution in [1.29, 1.82) is 0 Å². The van der Waals surface area contributed by atoms with Crippen LogP contribution in [0.15, 0.2) is 10.4 Å². The van der Waals surface area contributed by atoms with Crippen LogP contribution in [0.2, 0.25) is 0 Å². The van der Waals surface area contributed by atoms with Gasteiger partial charge in [-0.3, -0.25) is 0 Å². The molecule has 0 aliphatic carbocycles. The van der Waals surface area contributed by atoms with Crippen LogP contribution in [0.5, 0.6) is 0 Å². The van der Waals surface area contributed by atoms with Crippen LogP contribution in [0.4, 0.5) is 5.13 Å². The van der Waals surface area contributed by atoms with Gasteiger partial charge in [0.1, 0.15) is 0 Å². The van der Waals surface area contributed by atoms with E-state index in [-0.39, 0.29) is 9.34 Å². The van der Waals surface area contributed by atoms with Crippen LogP contribution in [0, 0.1) is 0 Å². The van der Waals surface area contributed by atoms with Crippen molar-refractivity contribution >= 4 is 26.5 Å². The van der Waals surface area contributed by atoms with E-state index in [0.717, 1.165) is 31.0 Å². The predicted octanol–water partition coefficient (Wildman–Crippen LogP) is 0.0515. The molecular weight excluding hydrogens is 260 g/mol. The molecule has 0 atom stereocenters. The van der Waals surface area contributed by atoms with Crippen LogP contribution in [0.25, 0.3) is 0 Å². The lowest BCUT2D eigenvalue weighted by Crippen LogP contribution is -2.48. The highest BCUT2D eigenvalue weighted by Gasteiger charge is 2.29. The zero-order valence-electron chi connectivity index (χ0n) is 9.66. The van der Waals surface area contributed by atoms with E-state index in [1.165, 1.54) is 10.5 Å². The van der Waals surface area contributed by atoms with Gasteiger partial charge < -0.3 is 10.6 Å². The Labute approximate surface area is 105 Å². The number of likely N-dealkylation sites (N-methyl/N-ethyl adjacent to an activating group) is 1. The minimum absolute atomic E-state index is 0.236. The van der Waals surface area contributed by atoms with Gasteiger partial charge in [-0.05, 0) is 6.54 Å². The standard InChI is InChI=1S/C9H16N4O2S2/c1-2-12-3-5-13(6-4-12)17(14,15)8-7-11-9(10)16-8/h7H,2-6H2,1H3,(H2,10,11). The zero-order valence-corrected chi connectivity index (χ0v) is 11.3. The smallest absolute Gasteiger partial charge is 0.254 e. The summed E-state index contributed by atoms with van der Waals surface area (Å²) in [4.78, 5) is 6.02. The summed E-state index contributed by atoms with van der Waals surface area (Å²) in [5.41, 5.74) is 5.46. The first-order valence-electron chi connectivity index (χ1n) is 5.48. The molecule has 6 nitrogen and oxygen atoms in total. The summed E-state index contributed by atoms with van der Waals surface area (Å²) in [7, 11) is -3.39. The number of sulfonamides is 1. The van der Waals surface area contributed by atoms with Crippen molar-refractivity contribution in [2.24, 2.45) is 0 Å². The summed E-state index contributed by atoms with van der Waals surface area (Å²) < 4.78 is 26.2. The lowest BCUT2D eigenvalue weighted by Gasteiger charge is -2.32. The van der Waals surface area contributed by atoms with Crippen LogP contribution in [-0.2, 0) is 10.0 Å². The molecule has 1 saturated heterocycles. The van der Waals surface area contributed by atoms with Crippen LogP contribution in [0.3, 0.4) is 0 Å². The Hall–Kier alpha value is -0.700. The number of hydrogen-bond acceptors (Lipinski definition) is 6. The maximum atomic E-state index is 12.2. The molecule has 8 heteroatoms. The van der Waals surface area contributed by atoms with Gasteiger partial charge in [-0.1, -0.05) is 18.3 Å². The normalized spacial score (nSPS) is 19.6. The van der Waals surface area contributed by atoms with Gasteiger partial charge in [-0.15, -0.1) is 0 Å². The fourth-order valence-electron chi connectivity index (χ4n) is 1.80. The minimum atomic E-state index is -3.39. The van der Waals surface area contributed by atoms with Crippen molar-refractivity contribution in [3.05, 3.63) is 6.20 Å². The van der Waals surface area contributed by atoms with Crippen LogP contribution >= 0.6 is 11.3 Å². The van der Waals surface area contributed by atoms with Crippen molar-refractivity contribution in [2.75, 3.05) is 38.5 Å². The summed E-state index contributed by atoms with van der Waals surface area (Å²) in [6, 6.07) is 0. The molecule has 0 saturated carbocycles. The first-order chi connectivity index (χ1) is 8.04. The summed E-state index contributed by atoms with van der Waals surface area (Å²) in [6.07, 6.45) is 1.33. The largest absolute Gasteiger partial charge is 0.375 e. The number of nitrogen functional groups attached to an aromatic ring is 1. The molecule has 2 rings (SSSR count). The van der Waals surface area contributed by atoms with Crippen molar-refractivity contribution in [1.82, 2.24) is 14.2 Å². The van der Waals surface area contributed by atoms with E-state index in [4.69, 9.17) is 5.73 Å². The molecule has 0 amide bonds. The average molecular weight is 276 g/mol. The van der Waals surface area contributed by atoms with E-state index < -0.39 is 10.0 Å². The SMILES string of the molecule is CCN1CCN(S(=O)(=O)c2cnc(N)s2)CC1. The van der Waals surface area contributed by atoms with Crippen LogP contribution in [-0.4, -0.2) is 55.3 Å². The van der Waals surface area contributed by atoms with Gasteiger partial charge in [0.25, 0.3) is 10.0 Å². The highest BCUT2D eigenvalue weighted by Crippen LogP contribution is 2.24. The predicted molar refractivity (Wildman–Crippen MR) is 67.4 cm³/mol. The number of piperazine rings is 1. The Morgan fingerprint density at radius 1 is 1.41 bits per heavy atom. The molecule has 17 heavy (non-hydrogen) atoms. The second kappa shape index (κ2) is 4.89. The Balaban J connectivity index is 2.12. The molecule has 0 unspecified atom stereocenters. The fraction of sp³-hybridized carbons (Fsp3) is 0.667. The van der Waals surface area contributed by atoms with E-state index in [2.05, 4.69) is 16.8 Å². The first-order valence-corrected chi connectivity index (χ1v) is 7.73. The van der Waals surface area contributed by atoms with Crippen LogP contribution < -0.4 is 5.73 Å². The summed E-state index contributed by atoms with van der Waals surface area (Å²) in [5, 5.41) is 0.288. The van der Waals surface area contributed by atoms with Gasteiger partial charge in [-0.2, -0.15) is 4.31 Å². The molecule has 1 aliphatic heterocycles. The number of hydrogen-bond donors (Lipinski definition) is 1. The quantitative estimate of drug-likeness (QED) is 0.844. The van der Waals surface area contributed by atoms with Crippen molar-refractivity contribution in [3.63, 3.8) is 0 Å². The molecular formula is C9H16N4O2S2. The molecule has 96 valence electrons. The topological polar surface area (TPSA) is 79.5 Å². The van der Waals surface area contributed by atoms with Gasteiger partial charge in [-0.25, -0.2) is 13.4 Å². The van der Waals surface area contributed by atoms with E-state index in [1.54, 1.807) is 0 Å². The summed E-state index contributed by atoms with van der Waals surface area (Å²) in [5.74, 6) is 0. The molecule has 2 N–H and O–H groups in total. The maximum Gasteiger partial charge on any atom is 0.254 e. The zero-order chi connectivity index (χ0) is 12.5. The third-order valence-corrected chi connectivity index (χ3v) is 6.04. The highest BCUT2D eigenvalue weighted by atomic mass is 32.2. The van der Waals surface area contributed by atoms with E-state index in [0.29, 0.717) is 13.1 Å². The molecule has 0 radical (unpaired) electrons. The molecule has 1 fully saturated rings. The Kier molecular flexibility index (Phi) is 3.67. The lowest BCUT2D eigenvalue weighted by molar-refractivity contribution is 0.196. The molecule has 1 aliphatic rings. The summed E-state index contributed by atoms with van der Waals surface area (Å²) in [6.45, 7) is 5.67. The van der Waals surface area contributed by atoms with E-state index in [9.17, 15) is 8.42 Å². The Morgan fingerprint density at radius 2 is 2.06 bits per heavy atom. The number of nitrogens with two attached hydrogens (primary N) is 1. The first kappa shape index (κ1) is 12.7. The Morgan fingerprint density at radius 3 is 2.53 bits per heavy atom. The number of thiazole rings is 1. The van der Waals surface area contributed by atoms with E-state index in [1.807, 2.05) is 0 Å². The van der Waals surface area contributed by atoms with Crippen LogP contribution in [0.1, 0.15) is 6.92 Å². The summed E-state index contributed by atoms with van der Waals surface area (Å²) >= 11 is 1.02. The maximum absolute atomic E-state index is 12.2. The molecule has 0 bridgehead atoms. The van der Waals surface area contributed by atoms with Crippen molar-refractivity contribution < 1.29 is 8.42 Å². The van der Waals surface area contributed by atoms with Gasteiger partial charge in [0.2, 0.25) is 0 Å². The third kappa shape index (κ3) is 2.59. The monoisotopic (exact) mass is 276 g/mol. The Bertz CT molecular complexity index is 477. The molecule has 0 aromatic carbocycles. The third-order valence-electron chi connectivity index (χ3n) is 2.87. The van der Waals surface area contributed by atoms with Gasteiger partial charge in [0, 0.05) is 26.2 Å². The molecule has 1 aromatic rings. The van der Waals surface area contributed by atoms with Gasteiger partial charge in [0.05, 0.1) is 6.20 Å². The highest BCUT2D eigenvalue weighted by molar-refractivity contribution is 7.91. The van der Waals surface area contributed by atoms with E-state index >= 15 is 0 Å². The number of rotatable bonds is 3. The number of aromatic nitrogens is 1. The molecule has 1 aromatic heterocycles. The van der Waals surface area contributed by atoms with Crippen molar-refractivity contribution in [3.8, 4) is 0 Å². The molecule has 2 heterocycles. The van der Waals surface area contributed by atoms with Gasteiger partial charge in [0.15, 0.2) is 9.34 Å². The fourth-order valence-corrected chi connectivity index (χ4v) is 4.30. The average Bonchev–Trinajstić information content (AvgIpc) is 2.77. The number of anilines is 1. The number of nitrogens with zero attached hydrogens (tertiary/aromatic N) is 3.